The van der Waals surface area contributed by atoms with Crippen molar-refractivity contribution in [2.75, 3.05) is 40.4 Å². The number of nitrogens with zero attached hydrogens (tertiary/aromatic N) is 2. The van der Waals surface area contributed by atoms with Gasteiger partial charge in [-0.1, -0.05) is 17.7 Å². The summed E-state index contributed by atoms with van der Waals surface area (Å²) in [6.07, 6.45) is 1.10. The number of carbonyl (C=O) groups excluding carboxylic acids is 1. The molecule has 1 amide bonds. The summed E-state index contributed by atoms with van der Waals surface area (Å²) < 4.78 is 25.6. The molecule has 0 bridgehead atoms. The van der Waals surface area contributed by atoms with Gasteiger partial charge in [0, 0.05) is 24.5 Å². The minimum absolute atomic E-state index is 0.280. The Morgan fingerprint density at radius 3 is 1.93 bits per heavy atom. The molecule has 146 valence electrons. The Hall–Kier alpha value is -2.54. The Kier molecular flexibility index (Phi) is 6.85. The van der Waals surface area contributed by atoms with E-state index in [0.29, 0.717) is 11.4 Å². The van der Waals surface area contributed by atoms with Crippen molar-refractivity contribution in [2.24, 2.45) is 0 Å². The van der Waals surface area contributed by atoms with Crippen molar-refractivity contribution < 1.29 is 13.2 Å². The fourth-order valence-electron chi connectivity index (χ4n) is 2.79. The normalized spacial score (nSPS) is 11.1. The van der Waals surface area contributed by atoms with Gasteiger partial charge in [-0.05, 0) is 57.2 Å². The molecule has 0 atom stereocenters. The summed E-state index contributed by atoms with van der Waals surface area (Å²) >= 11 is 0. The predicted octanol–water partition coefficient (Wildman–Crippen LogP) is 3.25. The van der Waals surface area contributed by atoms with Crippen LogP contribution in [0, 0.1) is 6.92 Å². The first-order chi connectivity index (χ1) is 12.7. The van der Waals surface area contributed by atoms with E-state index in [2.05, 4.69) is 24.1 Å². The third-order valence-corrected chi connectivity index (χ3v) is 5.43. The van der Waals surface area contributed by atoms with Gasteiger partial charge >= 0.3 is 0 Å². The van der Waals surface area contributed by atoms with Gasteiger partial charge in [0.05, 0.1) is 11.9 Å². The van der Waals surface area contributed by atoms with Crippen LogP contribution in [0.2, 0.25) is 0 Å². The number of benzene rings is 2. The van der Waals surface area contributed by atoms with Crippen molar-refractivity contribution in [1.29, 1.82) is 0 Å². The molecule has 0 aliphatic rings. The zero-order valence-electron chi connectivity index (χ0n) is 16.3. The minimum atomic E-state index is -3.60. The van der Waals surface area contributed by atoms with Crippen LogP contribution in [0.25, 0.3) is 0 Å². The number of rotatable bonds is 8. The zero-order valence-corrected chi connectivity index (χ0v) is 17.1. The smallest absolute Gasteiger partial charge is 0.245 e. The Morgan fingerprint density at radius 2 is 1.44 bits per heavy atom. The highest BCUT2D eigenvalue weighted by atomic mass is 32.2. The summed E-state index contributed by atoms with van der Waals surface area (Å²) in [4.78, 5) is 14.5. The lowest BCUT2D eigenvalue weighted by atomic mass is 10.2. The quantitative estimate of drug-likeness (QED) is 0.752. The van der Waals surface area contributed by atoms with Gasteiger partial charge in [0.2, 0.25) is 15.9 Å². The van der Waals surface area contributed by atoms with Gasteiger partial charge in [0.1, 0.15) is 6.54 Å². The van der Waals surface area contributed by atoms with Gasteiger partial charge < -0.3 is 10.2 Å². The summed E-state index contributed by atoms with van der Waals surface area (Å²) in [6.45, 7) is 7.54. The fourth-order valence-corrected chi connectivity index (χ4v) is 3.64. The Balaban J connectivity index is 2.18. The standard InChI is InChI=1S/C20H27N3O3S/c1-5-22(6-2)18-11-13-19(14-12-18)23(27(4,25)26)15-20(24)21-17-9-7-16(3)8-10-17/h7-14H,5-6,15H2,1-4H3,(H,21,24). The van der Waals surface area contributed by atoms with E-state index in [-0.39, 0.29) is 6.54 Å². The number of hydrogen-bond acceptors (Lipinski definition) is 4. The largest absolute Gasteiger partial charge is 0.372 e. The van der Waals surface area contributed by atoms with Crippen molar-refractivity contribution in [1.82, 2.24) is 0 Å². The molecule has 0 saturated carbocycles. The lowest BCUT2D eigenvalue weighted by molar-refractivity contribution is -0.114. The monoisotopic (exact) mass is 389 g/mol. The number of nitrogens with one attached hydrogen (secondary N) is 1. The second-order valence-corrected chi connectivity index (χ2v) is 8.28. The van der Waals surface area contributed by atoms with Gasteiger partial charge in [0.25, 0.3) is 0 Å². The maximum Gasteiger partial charge on any atom is 0.245 e. The number of hydrogen-bond donors (Lipinski definition) is 1. The van der Waals surface area contributed by atoms with Crippen molar-refractivity contribution in [3.05, 3.63) is 54.1 Å². The molecule has 2 aromatic rings. The van der Waals surface area contributed by atoms with E-state index in [9.17, 15) is 13.2 Å². The second kappa shape index (κ2) is 8.90. The van der Waals surface area contributed by atoms with Crippen LogP contribution in [-0.4, -0.2) is 40.2 Å². The molecule has 27 heavy (non-hydrogen) atoms. The van der Waals surface area contributed by atoms with Crippen molar-refractivity contribution >= 4 is 33.0 Å². The highest BCUT2D eigenvalue weighted by Gasteiger charge is 2.21. The van der Waals surface area contributed by atoms with E-state index in [1.54, 1.807) is 24.3 Å². The van der Waals surface area contributed by atoms with E-state index in [0.717, 1.165) is 34.9 Å². The number of amides is 1. The van der Waals surface area contributed by atoms with Gasteiger partial charge in [0.15, 0.2) is 0 Å². The van der Waals surface area contributed by atoms with E-state index in [1.165, 1.54) is 0 Å². The van der Waals surface area contributed by atoms with Gasteiger partial charge in [-0.2, -0.15) is 0 Å². The van der Waals surface area contributed by atoms with Gasteiger partial charge in [-0.3, -0.25) is 9.10 Å². The molecule has 0 aliphatic heterocycles. The van der Waals surface area contributed by atoms with E-state index in [1.807, 2.05) is 31.2 Å². The molecule has 2 rings (SSSR count). The first kappa shape index (κ1) is 20.8. The molecule has 0 aromatic heterocycles. The topological polar surface area (TPSA) is 69.7 Å². The van der Waals surface area contributed by atoms with E-state index < -0.39 is 15.9 Å². The molecular weight excluding hydrogens is 362 g/mol. The number of anilines is 3. The van der Waals surface area contributed by atoms with Crippen molar-refractivity contribution in [3.63, 3.8) is 0 Å². The molecule has 0 saturated heterocycles. The highest BCUT2D eigenvalue weighted by Crippen LogP contribution is 2.22. The molecule has 0 fully saturated rings. The maximum absolute atomic E-state index is 12.4. The Bertz CT molecular complexity index is 858. The summed E-state index contributed by atoms with van der Waals surface area (Å²) in [5, 5.41) is 2.74. The summed E-state index contributed by atoms with van der Waals surface area (Å²) in [5.41, 5.74) is 3.20. The molecule has 0 radical (unpaired) electrons. The Morgan fingerprint density at radius 1 is 0.926 bits per heavy atom. The van der Waals surface area contributed by atoms with Crippen molar-refractivity contribution in [3.8, 4) is 0 Å². The van der Waals surface area contributed by atoms with E-state index >= 15 is 0 Å². The molecule has 0 unspecified atom stereocenters. The lowest BCUT2D eigenvalue weighted by Gasteiger charge is -2.24. The number of carbonyl (C=O) groups is 1. The zero-order chi connectivity index (χ0) is 20.0. The van der Waals surface area contributed by atoms with Crippen LogP contribution in [-0.2, 0) is 14.8 Å². The van der Waals surface area contributed by atoms with Gasteiger partial charge in [-0.15, -0.1) is 0 Å². The molecule has 1 N–H and O–H groups in total. The second-order valence-electron chi connectivity index (χ2n) is 6.37. The van der Waals surface area contributed by atoms with Crippen LogP contribution < -0.4 is 14.5 Å². The first-order valence-electron chi connectivity index (χ1n) is 8.93. The highest BCUT2D eigenvalue weighted by molar-refractivity contribution is 7.92. The molecular formula is C20H27N3O3S. The van der Waals surface area contributed by atoms with Gasteiger partial charge in [-0.25, -0.2) is 8.42 Å². The summed E-state index contributed by atoms with van der Waals surface area (Å²) in [6, 6.07) is 14.6. The first-order valence-corrected chi connectivity index (χ1v) is 10.8. The fraction of sp³-hybridized carbons (Fsp3) is 0.350. The predicted molar refractivity (Wildman–Crippen MR) is 112 cm³/mol. The molecule has 6 nitrogen and oxygen atoms in total. The SMILES string of the molecule is CCN(CC)c1ccc(N(CC(=O)Nc2ccc(C)cc2)S(C)(=O)=O)cc1. The lowest BCUT2D eigenvalue weighted by Crippen LogP contribution is -2.37. The summed E-state index contributed by atoms with van der Waals surface area (Å²) in [5.74, 6) is -0.392. The molecule has 2 aromatic carbocycles. The van der Waals surface area contributed by atoms with E-state index in [4.69, 9.17) is 0 Å². The van der Waals surface area contributed by atoms with Crippen LogP contribution in [0.1, 0.15) is 19.4 Å². The minimum Gasteiger partial charge on any atom is -0.372 e. The van der Waals surface area contributed by atoms with Crippen LogP contribution in [0.15, 0.2) is 48.5 Å². The van der Waals surface area contributed by atoms with Crippen LogP contribution in [0.3, 0.4) is 0 Å². The van der Waals surface area contributed by atoms with Crippen LogP contribution in [0.5, 0.6) is 0 Å². The third kappa shape index (κ3) is 5.72. The molecule has 0 aliphatic carbocycles. The molecule has 7 heteroatoms. The number of sulfonamides is 1. The third-order valence-electron chi connectivity index (χ3n) is 4.29. The average Bonchev–Trinajstić information content (AvgIpc) is 2.62. The average molecular weight is 390 g/mol. The maximum atomic E-state index is 12.4. The molecule has 0 spiro atoms. The Labute approximate surface area is 161 Å². The van der Waals surface area contributed by atoms with Crippen molar-refractivity contribution in [2.45, 2.75) is 20.8 Å². The summed E-state index contributed by atoms with van der Waals surface area (Å²) in [7, 11) is -3.60. The van der Waals surface area contributed by atoms with Crippen LogP contribution >= 0.6 is 0 Å². The van der Waals surface area contributed by atoms with Crippen LogP contribution in [0.4, 0.5) is 17.1 Å². The number of aryl methyl sites for hydroxylation is 1. The molecule has 0 heterocycles.